The van der Waals surface area contributed by atoms with E-state index in [1.807, 2.05) is 0 Å². The summed E-state index contributed by atoms with van der Waals surface area (Å²) >= 11 is 5.70. The Morgan fingerprint density at radius 1 is 1.33 bits per heavy atom. The highest BCUT2D eigenvalue weighted by Gasteiger charge is 2.07. The first kappa shape index (κ1) is 14.7. The fraction of sp³-hybridized carbons (Fsp3) is 0.182. The second kappa shape index (κ2) is 6.53. The van der Waals surface area contributed by atoms with Gasteiger partial charge in [-0.3, -0.25) is 4.79 Å². The summed E-state index contributed by atoms with van der Waals surface area (Å²) in [6, 6.07) is 6.69. The molecule has 0 fully saturated rings. The van der Waals surface area contributed by atoms with Crippen molar-refractivity contribution in [3.63, 3.8) is 0 Å². The highest BCUT2D eigenvalue weighted by molar-refractivity contribution is 7.92. The lowest BCUT2D eigenvalue weighted by Gasteiger charge is -2.01. The molecule has 5 nitrogen and oxygen atoms in total. The minimum Gasteiger partial charge on any atom is -0.358 e. The molecule has 2 N–H and O–H groups in total. The normalized spacial score (nSPS) is 11.7. The van der Waals surface area contributed by atoms with Crippen LogP contribution in [0.15, 0.2) is 29.7 Å². The van der Waals surface area contributed by atoms with Crippen molar-refractivity contribution in [2.24, 2.45) is 0 Å². The van der Waals surface area contributed by atoms with E-state index in [1.165, 1.54) is 13.1 Å². The second-order valence-electron chi connectivity index (χ2n) is 3.39. The maximum Gasteiger partial charge on any atom is 0.234 e. The van der Waals surface area contributed by atoms with E-state index in [1.54, 1.807) is 24.3 Å². The van der Waals surface area contributed by atoms with E-state index in [4.69, 9.17) is 11.6 Å². The number of hydrogen-bond acceptors (Lipinski definition) is 3. The van der Waals surface area contributed by atoms with E-state index in [2.05, 4.69) is 10.0 Å². The predicted molar refractivity (Wildman–Crippen MR) is 71.5 cm³/mol. The van der Waals surface area contributed by atoms with Gasteiger partial charge in [0.25, 0.3) is 0 Å². The van der Waals surface area contributed by atoms with Gasteiger partial charge in [-0.1, -0.05) is 23.7 Å². The van der Waals surface area contributed by atoms with Gasteiger partial charge in [0.05, 0.1) is 6.54 Å². The summed E-state index contributed by atoms with van der Waals surface area (Å²) in [4.78, 5) is 10.9. The number of carbonyl (C=O) groups is 1. The molecular formula is C11H13ClN2O3S. The Labute approximate surface area is 111 Å². The van der Waals surface area contributed by atoms with Crippen molar-refractivity contribution < 1.29 is 13.2 Å². The molecule has 0 aliphatic rings. The quantitative estimate of drug-likeness (QED) is 0.848. The molecule has 1 amide bonds. The smallest absolute Gasteiger partial charge is 0.234 e. The molecule has 0 aromatic heterocycles. The van der Waals surface area contributed by atoms with Gasteiger partial charge in [0.1, 0.15) is 0 Å². The zero-order chi connectivity index (χ0) is 13.6. The molecule has 1 rings (SSSR count). The first-order valence-electron chi connectivity index (χ1n) is 5.07. The van der Waals surface area contributed by atoms with E-state index in [-0.39, 0.29) is 6.54 Å². The first-order valence-corrected chi connectivity index (χ1v) is 6.99. The van der Waals surface area contributed by atoms with Crippen molar-refractivity contribution in [3.8, 4) is 0 Å². The van der Waals surface area contributed by atoms with Gasteiger partial charge in [0, 0.05) is 17.5 Å². The van der Waals surface area contributed by atoms with Gasteiger partial charge in [-0.25, -0.2) is 13.1 Å². The zero-order valence-corrected chi connectivity index (χ0v) is 11.3. The van der Waals surface area contributed by atoms with Crippen LogP contribution in [0.2, 0.25) is 5.02 Å². The van der Waals surface area contributed by atoms with E-state index < -0.39 is 15.9 Å². The Hall–Kier alpha value is -1.37. The van der Waals surface area contributed by atoms with Gasteiger partial charge in [-0.05, 0) is 23.8 Å². The molecule has 1 aromatic carbocycles. The Balaban J connectivity index is 2.65. The summed E-state index contributed by atoms with van der Waals surface area (Å²) in [5.41, 5.74) is 0.699. The van der Waals surface area contributed by atoms with Gasteiger partial charge < -0.3 is 5.32 Å². The highest BCUT2D eigenvalue weighted by atomic mass is 35.5. The summed E-state index contributed by atoms with van der Waals surface area (Å²) in [7, 11) is -2.19. The molecule has 0 aliphatic carbocycles. The number of benzene rings is 1. The van der Waals surface area contributed by atoms with Gasteiger partial charge in [0.15, 0.2) is 0 Å². The molecule has 0 unspecified atom stereocenters. The molecule has 0 saturated heterocycles. The summed E-state index contributed by atoms with van der Waals surface area (Å²) in [5, 5.41) is 3.89. The molecule has 1 aromatic rings. The van der Waals surface area contributed by atoms with E-state index in [0.717, 1.165) is 5.41 Å². The van der Waals surface area contributed by atoms with Crippen molar-refractivity contribution in [2.45, 2.75) is 0 Å². The van der Waals surface area contributed by atoms with Crippen LogP contribution in [0.4, 0.5) is 0 Å². The van der Waals surface area contributed by atoms with E-state index in [0.29, 0.717) is 10.6 Å². The lowest BCUT2D eigenvalue weighted by molar-refractivity contribution is -0.119. The van der Waals surface area contributed by atoms with Gasteiger partial charge >= 0.3 is 0 Å². The second-order valence-corrected chi connectivity index (χ2v) is 5.48. The van der Waals surface area contributed by atoms with Crippen LogP contribution in [0, 0.1) is 0 Å². The number of nitrogens with one attached hydrogen (secondary N) is 2. The molecule has 0 aliphatic heterocycles. The van der Waals surface area contributed by atoms with Crippen LogP contribution in [0.5, 0.6) is 0 Å². The van der Waals surface area contributed by atoms with Crippen molar-refractivity contribution >= 4 is 33.6 Å². The maximum absolute atomic E-state index is 11.5. The molecule has 0 heterocycles. The Morgan fingerprint density at radius 2 is 1.94 bits per heavy atom. The Kier molecular flexibility index (Phi) is 5.33. The largest absolute Gasteiger partial charge is 0.358 e. The predicted octanol–water partition coefficient (Wildman–Crippen LogP) is 0.976. The van der Waals surface area contributed by atoms with Crippen molar-refractivity contribution in [3.05, 3.63) is 40.3 Å². The Morgan fingerprint density at radius 3 is 2.50 bits per heavy atom. The van der Waals surface area contributed by atoms with Crippen molar-refractivity contribution in [2.75, 3.05) is 13.6 Å². The summed E-state index contributed by atoms with van der Waals surface area (Å²) in [6.07, 6.45) is 1.42. The van der Waals surface area contributed by atoms with Crippen LogP contribution >= 0.6 is 11.6 Å². The third-order valence-electron chi connectivity index (χ3n) is 2.02. The third kappa shape index (κ3) is 5.31. The lowest BCUT2D eigenvalue weighted by Crippen LogP contribution is -2.34. The molecule has 0 saturated carbocycles. The maximum atomic E-state index is 11.5. The molecule has 18 heavy (non-hydrogen) atoms. The van der Waals surface area contributed by atoms with Crippen LogP contribution < -0.4 is 10.0 Å². The summed E-state index contributed by atoms with van der Waals surface area (Å²) < 4.78 is 25.1. The van der Waals surface area contributed by atoms with Gasteiger partial charge in [-0.15, -0.1) is 0 Å². The molecule has 0 bridgehead atoms. The lowest BCUT2D eigenvalue weighted by atomic mass is 10.2. The molecule has 7 heteroatoms. The number of hydrogen-bond donors (Lipinski definition) is 2. The monoisotopic (exact) mass is 288 g/mol. The standard InChI is InChI=1S/C11H13ClN2O3S/c1-13-11(15)8-14-18(16,17)7-6-9-2-4-10(12)5-3-9/h2-7,14H,8H2,1H3,(H,13,15)/b7-6+. The summed E-state index contributed by atoms with van der Waals surface area (Å²) in [6.45, 7) is -0.288. The highest BCUT2D eigenvalue weighted by Crippen LogP contribution is 2.10. The minimum atomic E-state index is -3.62. The molecule has 0 spiro atoms. The SMILES string of the molecule is CNC(=O)CNS(=O)(=O)/C=C/c1ccc(Cl)cc1. The average molecular weight is 289 g/mol. The van der Waals surface area contributed by atoms with Crippen LogP contribution in [0.1, 0.15) is 5.56 Å². The Bertz CT molecular complexity index is 538. The fourth-order valence-electron chi connectivity index (χ4n) is 1.04. The average Bonchev–Trinajstić information content (AvgIpc) is 2.35. The van der Waals surface area contributed by atoms with Crippen LogP contribution in [-0.4, -0.2) is 27.9 Å². The fourth-order valence-corrected chi connectivity index (χ4v) is 1.94. The molecule has 0 radical (unpaired) electrons. The summed E-state index contributed by atoms with van der Waals surface area (Å²) in [5.74, 6) is -0.404. The molecule has 0 atom stereocenters. The zero-order valence-electron chi connectivity index (χ0n) is 9.68. The van der Waals surface area contributed by atoms with E-state index in [9.17, 15) is 13.2 Å². The van der Waals surface area contributed by atoms with Crippen molar-refractivity contribution in [1.82, 2.24) is 10.0 Å². The van der Waals surface area contributed by atoms with Crippen LogP contribution in [-0.2, 0) is 14.8 Å². The van der Waals surface area contributed by atoms with E-state index >= 15 is 0 Å². The number of likely N-dealkylation sites (N-methyl/N-ethyl adjacent to an activating group) is 1. The number of carbonyl (C=O) groups excluding carboxylic acids is 1. The molecule has 98 valence electrons. The number of sulfonamides is 1. The van der Waals surface area contributed by atoms with Gasteiger partial charge in [0.2, 0.25) is 15.9 Å². The number of amides is 1. The van der Waals surface area contributed by atoms with Gasteiger partial charge in [-0.2, -0.15) is 0 Å². The topological polar surface area (TPSA) is 75.3 Å². The molecular weight excluding hydrogens is 276 g/mol. The van der Waals surface area contributed by atoms with Crippen LogP contribution in [0.3, 0.4) is 0 Å². The third-order valence-corrected chi connectivity index (χ3v) is 3.32. The number of rotatable bonds is 5. The van der Waals surface area contributed by atoms with Crippen LogP contribution in [0.25, 0.3) is 6.08 Å². The first-order chi connectivity index (χ1) is 8.43. The number of halogens is 1. The van der Waals surface area contributed by atoms with Crippen molar-refractivity contribution in [1.29, 1.82) is 0 Å². The minimum absolute atomic E-state index is 0.288.